The molecule has 0 aromatic heterocycles. The van der Waals surface area contributed by atoms with E-state index in [2.05, 4.69) is 30.8 Å². The van der Waals surface area contributed by atoms with Gasteiger partial charge in [-0.2, -0.15) is 0 Å². The first-order chi connectivity index (χ1) is 9.81. The van der Waals surface area contributed by atoms with Crippen molar-refractivity contribution in [3.63, 3.8) is 0 Å². The number of amidine groups is 1. The van der Waals surface area contributed by atoms with Crippen LogP contribution in [-0.4, -0.2) is 29.0 Å². The average molecular weight is 293 g/mol. The Morgan fingerprint density at radius 3 is 2.71 bits per heavy atom. The fourth-order valence-electron chi connectivity index (χ4n) is 2.82. The Bertz CT molecular complexity index is 537. The van der Waals surface area contributed by atoms with Gasteiger partial charge in [0.05, 0.1) is 0 Å². The van der Waals surface area contributed by atoms with E-state index < -0.39 is 0 Å². The molecule has 2 rings (SSSR count). The van der Waals surface area contributed by atoms with Crippen LogP contribution < -0.4 is 5.73 Å². The van der Waals surface area contributed by atoms with Crippen LogP contribution in [0.3, 0.4) is 0 Å². The van der Waals surface area contributed by atoms with Gasteiger partial charge in [0.25, 0.3) is 0 Å². The summed E-state index contributed by atoms with van der Waals surface area (Å²) in [6, 6.07) is 4.72. The molecule has 4 nitrogen and oxygen atoms in total. The summed E-state index contributed by atoms with van der Waals surface area (Å²) >= 11 is 0. The molecule has 0 radical (unpaired) electrons. The van der Waals surface area contributed by atoms with E-state index in [1.807, 2.05) is 0 Å². The van der Waals surface area contributed by atoms with Gasteiger partial charge >= 0.3 is 0 Å². The van der Waals surface area contributed by atoms with Gasteiger partial charge in [0.1, 0.15) is 5.82 Å². The van der Waals surface area contributed by atoms with Crippen LogP contribution in [0.15, 0.2) is 23.4 Å². The lowest BCUT2D eigenvalue weighted by molar-refractivity contribution is 0.225. The van der Waals surface area contributed by atoms with Crippen molar-refractivity contribution in [2.45, 2.75) is 33.7 Å². The van der Waals surface area contributed by atoms with Crippen LogP contribution in [0.4, 0.5) is 4.39 Å². The van der Waals surface area contributed by atoms with Crippen molar-refractivity contribution in [2.24, 2.45) is 22.2 Å². The van der Waals surface area contributed by atoms with Gasteiger partial charge in [-0.3, -0.25) is 4.90 Å². The lowest BCUT2D eigenvalue weighted by Crippen LogP contribution is -2.26. The zero-order valence-electron chi connectivity index (χ0n) is 12.9. The van der Waals surface area contributed by atoms with E-state index in [-0.39, 0.29) is 11.7 Å². The molecule has 0 bridgehead atoms. The van der Waals surface area contributed by atoms with Gasteiger partial charge in [0.15, 0.2) is 5.84 Å². The average Bonchev–Trinajstić information content (AvgIpc) is 2.88. The Labute approximate surface area is 125 Å². The van der Waals surface area contributed by atoms with E-state index >= 15 is 0 Å². The maximum atomic E-state index is 14.1. The number of halogens is 1. The molecular weight excluding hydrogens is 269 g/mol. The SMILES string of the molecule is CC(C)(C)C1CCN(Cc2ccc(/C(N)=N/O)cc2F)C1. The summed E-state index contributed by atoms with van der Waals surface area (Å²) in [6.07, 6.45) is 1.16. The topological polar surface area (TPSA) is 61.8 Å². The van der Waals surface area contributed by atoms with Crippen molar-refractivity contribution in [2.75, 3.05) is 13.1 Å². The van der Waals surface area contributed by atoms with Crippen molar-refractivity contribution in [1.29, 1.82) is 0 Å². The largest absolute Gasteiger partial charge is 0.409 e. The normalized spacial score (nSPS) is 21.0. The van der Waals surface area contributed by atoms with Crippen LogP contribution in [0.2, 0.25) is 0 Å². The van der Waals surface area contributed by atoms with Gasteiger partial charge in [-0.25, -0.2) is 4.39 Å². The fraction of sp³-hybridized carbons (Fsp3) is 0.562. The first-order valence-corrected chi connectivity index (χ1v) is 7.30. The molecule has 1 aromatic carbocycles. The monoisotopic (exact) mass is 293 g/mol. The van der Waals surface area contributed by atoms with Crippen molar-refractivity contribution >= 4 is 5.84 Å². The van der Waals surface area contributed by atoms with E-state index in [0.29, 0.717) is 29.0 Å². The minimum Gasteiger partial charge on any atom is -0.409 e. The van der Waals surface area contributed by atoms with Gasteiger partial charge < -0.3 is 10.9 Å². The summed E-state index contributed by atoms with van der Waals surface area (Å²) in [5.41, 5.74) is 6.81. The molecular formula is C16H24FN3O. The Hall–Kier alpha value is -1.62. The van der Waals surface area contributed by atoms with Gasteiger partial charge in [0, 0.05) is 24.2 Å². The molecule has 5 heteroatoms. The molecule has 1 aliphatic heterocycles. The van der Waals surface area contributed by atoms with E-state index in [4.69, 9.17) is 10.9 Å². The second kappa shape index (κ2) is 6.02. The molecule has 0 amide bonds. The second-order valence-electron chi connectivity index (χ2n) is 6.88. The van der Waals surface area contributed by atoms with E-state index in [9.17, 15) is 4.39 Å². The summed E-state index contributed by atoms with van der Waals surface area (Å²) in [5, 5.41) is 11.5. The smallest absolute Gasteiger partial charge is 0.170 e. The number of nitrogens with zero attached hydrogens (tertiary/aromatic N) is 2. The number of hydrogen-bond donors (Lipinski definition) is 2. The maximum Gasteiger partial charge on any atom is 0.170 e. The molecule has 1 unspecified atom stereocenters. The van der Waals surface area contributed by atoms with Gasteiger partial charge in [-0.15, -0.1) is 0 Å². The molecule has 1 aliphatic rings. The molecule has 1 atom stereocenters. The van der Waals surface area contributed by atoms with Crippen LogP contribution in [0.1, 0.15) is 38.3 Å². The Kier molecular flexibility index (Phi) is 4.52. The van der Waals surface area contributed by atoms with E-state index in [1.165, 1.54) is 6.07 Å². The number of hydrogen-bond acceptors (Lipinski definition) is 3. The van der Waals surface area contributed by atoms with Crippen LogP contribution in [0.5, 0.6) is 0 Å². The highest BCUT2D eigenvalue weighted by Gasteiger charge is 2.31. The fourth-order valence-corrected chi connectivity index (χ4v) is 2.82. The highest BCUT2D eigenvalue weighted by molar-refractivity contribution is 5.97. The summed E-state index contributed by atoms with van der Waals surface area (Å²) < 4.78 is 14.1. The first-order valence-electron chi connectivity index (χ1n) is 7.30. The van der Waals surface area contributed by atoms with Crippen molar-refractivity contribution < 1.29 is 9.60 Å². The summed E-state index contributed by atoms with van der Waals surface area (Å²) in [4.78, 5) is 2.29. The third-order valence-electron chi connectivity index (χ3n) is 4.35. The predicted molar refractivity (Wildman–Crippen MR) is 81.7 cm³/mol. The van der Waals surface area contributed by atoms with Crippen LogP contribution in [0, 0.1) is 17.2 Å². The predicted octanol–water partition coefficient (Wildman–Crippen LogP) is 2.79. The van der Waals surface area contributed by atoms with Crippen molar-refractivity contribution in [3.8, 4) is 0 Å². The van der Waals surface area contributed by atoms with Gasteiger partial charge in [0.2, 0.25) is 0 Å². The number of benzene rings is 1. The molecule has 21 heavy (non-hydrogen) atoms. The third-order valence-corrected chi connectivity index (χ3v) is 4.35. The number of nitrogens with two attached hydrogens (primary N) is 1. The Balaban J connectivity index is 2.05. The van der Waals surface area contributed by atoms with Crippen molar-refractivity contribution in [3.05, 3.63) is 35.1 Å². The number of rotatable bonds is 3. The first kappa shape index (κ1) is 15.8. The standard InChI is InChI=1S/C16H24FN3O/c1-16(2,3)13-6-7-20(10-13)9-12-5-4-11(8-14(12)17)15(18)19-21/h4-5,8,13,21H,6-7,9-10H2,1-3H3,(H2,18,19). The molecule has 3 N–H and O–H groups in total. The van der Waals surface area contributed by atoms with E-state index in [1.54, 1.807) is 12.1 Å². The number of oxime groups is 1. The molecule has 1 saturated heterocycles. The lowest BCUT2D eigenvalue weighted by Gasteiger charge is -2.27. The lowest BCUT2D eigenvalue weighted by atomic mass is 9.80. The van der Waals surface area contributed by atoms with E-state index in [0.717, 1.165) is 19.5 Å². The molecule has 1 fully saturated rings. The summed E-state index contributed by atoms with van der Waals surface area (Å²) in [6.45, 7) is 9.39. The minimum absolute atomic E-state index is 0.0746. The van der Waals surface area contributed by atoms with Crippen LogP contribution in [-0.2, 0) is 6.54 Å². The third kappa shape index (κ3) is 3.73. The zero-order valence-corrected chi connectivity index (χ0v) is 12.9. The van der Waals surface area contributed by atoms with Crippen LogP contribution >= 0.6 is 0 Å². The highest BCUT2D eigenvalue weighted by atomic mass is 19.1. The zero-order chi connectivity index (χ0) is 15.6. The maximum absolute atomic E-state index is 14.1. The van der Waals surface area contributed by atoms with Gasteiger partial charge in [-0.1, -0.05) is 38.1 Å². The van der Waals surface area contributed by atoms with Crippen molar-refractivity contribution in [1.82, 2.24) is 4.90 Å². The quantitative estimate of drug-likeness (QED) is 0.390. The molecule has 1 aromatic rings. The molecule has 116 valence electrons. The second-order valence-corrected chi connectivity index (χ2v) is 6.88. The Morgan fingerprint density at radius 2 is 2.19 bits per heavy atom. The van der Waals surface area contributed by atoms with Crippen LogP contribution in [0.25, 0.3) is 0 Å². The van der Waals surface area contributed by atoms with Gasteiger partial charge in [-0.05, 0) is 30.4 Å². The molecule has 0 aliphatic carbocycles. The summed E-state index contributed by atoms with van der Waals surface area (Å²) in [7, 11) is 0. The summed E-state index contributed by atoms with van der Waals surface area (Å²) in [5.74, 6) is 0.268. The highest BCUT2D eigenvalue weighted by Crippen LogP contribution is 2.34. The number of likely N-dealkylation sites (tertiary alicyclic amines) is 1. The molecule has 1 heterocycles. The molecule has 0 saturated carbocycles. The molecule has 0 spiro atoms. The minimum atomic E-state index is -0.307. The Morgan fingerprint density at radius 1 is 1.48 bits per heavy atom.